The molecule has 11 nitrogen and oxygen atoms in total. The second kappa shape index (κ2) is 10.0. The second-order valence-corrected chi connectivity index (χ2v) is 9.81. The molecule has 32 heavy (non-hydrogen) atoms. The molecule has 0 bridgehead atoms. The number of hydrogen-bond acceptors (Lipinski definition) is 11. The van der Waals surface area contributed by atoms with E-state index < -0.39 is 80.0 Å². The summed E-state index contributed by atoms with van der Waals surface area (Å²) in [7, 11) is 0. The van der Waals surface area contributed by atoms with Gasteiger partial charge in [-0.2, -0.15) is 0 Å². The molecular weight excluding hydrogens is 428 g/mol. The SMILES string of the molecule is OC[C@H]1O[C@H](OC2CC3C(O)CC(O)CC3OC2C2CCC(O)C(O)C2)[C@H](O)[C@@H](O)[C@@H]1O. The minimum absolute atomic E-state index is 0.180. The predicted molar refractivity (Wildman–Crippen MR) is 106 cm³/mol. The Morgan fingerprint density at radius 1 is 0.719 bits per heavy atom. The summed E-state index contributed by atoms with van der Waals surface area (Å²) in [5.41, 5.74) is 0. The summed E-state index contributed by atoms with van der Waals surface area (Å²) in [5.74, 6) is -0.496. The molecule has 4 aliphatic rings. The molecule has 0 radical (unpaired) electrons. The first kappa shape index (κ1) is 24.7. The lowest BCUT2D eigenvalue weighted by Gasteiger charge is -2.51. The van der Waals surface area contributed by atoms with E-state index in [0.717, 1.165) is 0 Å². The van der Waals surface area contributed by atoms with Gasteiger partial charge in [-0.25, -0.2) is 0 Å². The van der Waals surface area contributed by atoms with Gasteiger partial charge in [0.15, 0.2) is 6.29 Å². The molecule has 0 spiro atoms. The summed E-state index contributed by atoms with van der Waals surface area (Å²) < 4.78 is 17.9. The van der Waals surface area contributed by atoms with Crippen molar-refractivity contribution < 1.29 is 55.1 Å². The van der Waals surface area contributed by atoms with Gasteiger partial charge in [-0.05, 0) is 44.4 Å². The van der Waals surface area contributed by atoms with Crippen LogP contribution in [0.1, 0.15) is 38.5 Å². The summed E-state index contributed by atoms with van der Waals surface area (Å²) in [6, 6.07) is 0. The van der Waals surface area contributed by atoms with Crippen molar-refractivity contribution in [2.75, 3.05) is 6.61 Å². The third-order valence-corrected chi connectivity index (χ3v) is 7.64. The molecule has 186 valence electrons. The van der Waals surface area contributed by atoms with Crippen LogP contribution in [0.5, 0.6) is 0 Å². The summed E-state index contributed by atoms with van der Waals surface area (Å²) in [5, 5.41) is 80.7. The molecule has 2 aliphatic heterocycles. The van der Waals surface area contributed by atoms with Gasteiger partial charge in [0, 0.05) is 5.92 Å². The molecule has 4 fully saturated rings. The van der Waals surface area contributed by atoms with E-state index in [0.29, 0.717) is 25.7 Å². The average Bonchev–Trinajstić information content (AvgIpc) is 2.76. The number of rotatable bonds is 4. The minimum Gasteiger partial charge on any atom is -0.394 e. The third kappa shape index (κ3) is 4.84. The van der Waals surface area contributed by atoms with Crippen LogP contribution in [0.4, 0.5) is 0 Å². The molecule has 0 aromatic carbocycles. The van der Waals surface area contributed by atoms with Gasteiger partial charge >= 0.3 is 0 Å². The van der Waals surface area contributed by atoms with E-state index in [4.69, 9.17) is 14.2 Å². The summed E-state index contributed by atoms with van der Waals surface area (Å²) >= 11 is 0. The molecule has 8 N–H and O–H groups in total. The molecule has 9 unspecified atom stereocenters. The maximum atomic E-state index is 10.5. The third-order valence-electron chi connectivity index (χ3n) is 7.64. The van der Waals surface area contributed by atoms with E-state index >= 15 is 0 Å². The topological polar surface area (TPSA) is 190 Å². The van der Waals surface area contributed by atoms with Crippen molar-refractivity contribution in [1.82, 2.24) is 0 Å². The van der Waals surface area contributed by atoms with Crippen LogP contribution in [0.25, 0.3) is 0 Å². The van der Waals surface area contributed by atoms with E-state index in [1.165, 1.54) is 0 Å². The highest BCUT2D eigenvalue weighted by Crippen LogP contribution is 2.43. The van der Waals surface area contributed by atoms with Gasteiger partial charge < -0.3 is 55.1 Å². The van der Waals surface area contributed by atoms with Crippen LogP contribution in [0.2, 0.25) is 0 Å². The monoisotopic (exact) mass is 464 g/mol. The lowest BCUT2D eigenvalue weighted by atomic mass is 9.72. The first-order valence-electron chi connectivity index (χ1n) is 11.5. The molecule has 2 heterocycles. The van der Waals surface area contributed by atoms with Crippen molar-refractivity contribution in [1.29, 1.82) is 0 Å². The van der Waals surface area contributed by atoms with Crippen molar-refractivity contribution in [3.8, 4) is 0 Å². The Hall–Kier alpha value is -0.440. The smallest absolute Gasteiger partial charge is 0.187 e. The molecule has 11 heteroatoms. The zero-order valence-electron chi connectivity index (χ0n) is 17.8. The van der Waals surface area contributed by atoms with Gasteiger partial charge in [-0.1, -0.05) is 0 Å². The van der Waals surface area contributed by atoms with Crippen LogP contribution in [0, 0.1) is 11.8 Å². The van der Waals surface area contributed by atoms with Gasteiger partial charge in [0.05, 0.1) is 49.3 Å². The number of ether oxygens (including phenoxy) is 3. The number of aliphatic hydroxyl groups excluding tert-OH is 8. The maximum Gasteiger partial charge on any atom is 0.187 e. The van der Waals surface area contributed by atoms with Crippen molar-refractivity contribution in [2.24, 2.45) is 11.8 Å². The molecule has 0 aromatic heterocycles. The fourth-order valence-corrected chi connectivity index (χ4v) is 5.76. The zero-order valence-corrected chi connectivity index (χ0v) is 17.8. The lowest BCUT2D eigenvalue weighted by Crippen LogP contribution is -2.62. The standard InChI is InChI=1S/C21H36O11/c22-7-16-17(27)18(28)19(29)21(32-16)31-15-6-10-12(25)4-9(23)5-14(10)30-20(15)8-1-2-11(24)13(26)3-8/h8-29H,1-7H2/t8?,9?,10?,11?,12?,13?,14?,15?,16-,17-,18+,19-,20?,21+/m1/s1. The van der Waals surface area contributed by atoms with Gasteiger partial charge in [-0.3, -0.25) is 0 Å². The second-order valence-electron chi connectivity index (χ2n) is 9.81. The highest BCUT2D eigenvalue weighted by atomic mass is 16.7. The zero-order chi connectivity index (χ0) is 23.2. The Bertz CT molecular complexity index is 621. The first-order chi connectivity index (χ1) is 15.2. The van der Waals surface area contributed by atoms with E-state index in [1.54, 1.807) is 0 Å². The van der Waals surface area contributed by atoms with Crippen LogP contribution >= 0.6 is 0 Å². The molecule has 2 aliphatic carbocycles. The normalized spacial score (nSPS) is 54.8. The molecule has 14 atom stereocenters. The van der Waals surface area contributed by atoms with E-state index in [9.17, 15) is 40.9 Å². The van der Waals surface area contributed by atoms with Crippen LogP contribution in [0.15, 0.2) is 0 Å². The molecule has 0 aromatic rings. The van der Waals surface area contributed by atoms with E-state index in [2.05, 4.69) is 0 Å². The quantitative estimate of drug-likeness (QED) is 0.211. The maximum absolute atomic E-state index is 10.5. The first-order valence-corrected chi connectivity index (χ1v) is 11.5. The Kier molecular flexibility index (Phi) is 7.75. The van der Waals surface area contributed by atoms with Crippen LogP contribution in [-0.2, 0) is 14.2 Å². The number of fused-ring (bicyclic) bond motifs is 1. The summed E-state index contributed by atoms with van der Waals surface area (Å²) in [6.07, 6.45) is -9.82. The molecule has 2 saturated carbocycles. The molecule has 0 amide bonds. The van der Waals surface area contributed by atoms with Gasteiger partial charge in [0.25, 0.3) is 0 Å². The van der Waals surface area contributed by atoms with E-state index in [-0.39, 0.29) is 24.7 Å². The van der Waals surface area contributed by atoms with Gasteiger partial charge in [0.2, 0.25) is 0 Å². The Labute approximate surface area is 186 Å². The van der Waals surface area contributed by atoms with Crippen molar-refractivity contribution in [3.05, 3.63) is 0 Å². The van der Waals surface area contributed by atoms with E-state index in [1.807, 2.05) is 0 Å². The number of aliphatic hydroxyl groups is 8. The fourth-order valence-electron chi connectivity index (χ4n) is 5.76. The summed E-state index contributed by atoms with van der Waals surface area (Å²) in [4.78, 5) is 0. The highest BCUT2D eigenvalue weighted by Gasteiger charge is 2.51. The lowest BCUT2D eigenvalue weighted by molar-refractivity contribution is -0.333. The van der Waals surface area contributed by atoms with Crippen molar-refractivity contribution in [3.63, 3.8) is 0 Å². The average molecular weight is 465 g/mol. The Morgan fingerprint density at radius 3 is 2.16 bits per heavy atom. The van der Waals surface area contributed by atoms with Crippen molar-refractivity contribution >= 4 is 0 Å². The van der Waals surface area contributed by atoms with Crippen LogP contribution in [-0.4, -0.2) is 121 Å². The van der Waals surface area contributed by atoms with Crippen molar-refractivity contribution in [2.45, 2.75) is 112 Å². The minimum atomic E-state index is -1.58. The Balaban J connectivity index is 1.54. The highest BCUT2D eigenvalue weighted by molar-refractivity contribution is 4.99. The molecular formula is C21H36O11. The number of hydrogen-bond donors (Lipinski definition) is 8. The fraction of sp³-hybridized carbons (Fsp3) is 1.00. The van der Waals surface area contributed by atoms with Crippen LogP contribution < -0.4 is 0 Å². The molecule has 2 saturated heterocycles. The Morgan fingerprint density at radius 2 is 1.47 bits per heavy atom. The van der Waals surface area contributed by atoms with Gasteiger partial charge in [-0.15, -0.1) is 0 Å². The molecule has 4 rings (SSSR count). The van der Waals surface area contributed by atoms with Gasteiger partial charge in [0.1, 0.15) is 24.4 Å². The summed E-state index contributed by atoms with van der Waals surface area (Å²) in [6.45, 7) is -0.580. The predicted octanol–water partition coefficient (Wildman–Crippen LogP) is -3.02. The largest absolute Gasteiger partial charge is 0.394 e. The van der Waals surface area contributed by atoms with Crippen LogP contribution in [0.3, 0.4) is 0 Å².